The number of aliphatic hydroxyl groups excluding tert-OH is 1. The van der Waals surface area contributed by atoms with E-state index in [1.807, 2.05) is 0 Å². The van der Waals surface area contributed by atoms with Gasteiger partial charge < -0.3 is 9.84 Å². The molecule has 98 valence electrons. The van der Waals surface area contributed by atoms with Gasteiger partial charge in [0, 0.05) is 11.6 Å². The first-order valence-corrected chi connectivity index (χ1v) is 5.81. The van der Waals surface area contributed by atoms with Crippen LogP contribution < -0.4 is 0 Å². The van der Waals surface area contributed by atoms with Gasteiger partial charge in [-0.2, -0.15) is 0 Å². The van der Waals surface area contributed by atoms with Gasteiger partial charge in [-0.3, -0.25) is 4.79 Å². The van der Waals surface area contributed by atoms with Gasteiger partial charge in [-0.15, -0.1) is 0 Å². The second-order valence-electron chi connectivity index (χ2n) is 4.44. The predicted molar refractivity (Wildman–Crippen MR) is 59.6 cm³/mol. The Kier molecular flexibility index (Phi) is 3.34. The number of benzene rings is 1. The molecule has 0 bridgehead atoms. The molecule has 0 amide bonds. The Morgan fingerprint density at radius 3 is 2.67 bits per heavy atom. The van der Waals surface area contributed by atoms with Crippen molar-refractivity contribution in [3.05, 3.63) is 35.4 Å². The average molecular weight is 256 g/mol. The number of aliphatic hydroxyl groups is 1. The third kappa shape index (κ3) is 2.10. The first kappa shape index (κ1) is 13.0. The van der Waals surface area contributed by atoms with Crippen molar-refractivity contribution in [2.45, 2.75) is 25.9 Å². The molecule has 1 aliphatic rings. The Balaban J connectivity index is 2.26. The molecule has 2 rings (SSSR count). The van der Waals surface area contributed by atoms with E-state index in [9.17, 15) is 18.7 Å². The number of carbonyl (C=O) groups excluding carboxylic acids is 1. The quantitative estimate of drug-likeness (QED) is 0.841. The Morgan fingerprint density at radius 1 is 1.50 bits per heavy atom. The van der Waals surface area contributed by atoms with Crippen LogP contribution in [0.3, 0.4) is 0 Å². The van der Waals surface area contributed by atoms with Crippen molar-refractivity contribution in [2.75, 3.05) is 6.61 Å². The first-order chi connectivity index (χ1) is 8.51. The maximum atomic E-state index is 13.6. The largest absolute Gasteiger partial charge is 0.465 e. The van der Waals surface area contributed by atoms with Crippen LogP contribution >= 0.6 is 0 Å². The molecule has 1 N–H and O–H groups in total. The molecule has 18 heavy (non-hydrogen) atoms. The molecule has 0 heterocycles. The average Bonchev–Trinajstić information content (AvgIpc) is 3.09. The highest BCUT2D eigenvalue weighted by atomic mass is 19.1. The molecule has 3 nitrogen and oxygen atoms in total. The van der Waals surface area contributed by atoms with Crippen LogP contribution in [0.2, 0.25) is 0 Å². The minimum absolute atomic E-state index is 0.0676. The number of rotatable bonds is 4. The number of esters is 1. The molecule has 1 atom stereocenters. The third-order valence-electron chi connectivity index (χ3n) is 3.25. The number of hydrogen-bond donors (Lipinski definition) is 1. The van der Waals surface area contributed by atoms with Crippen molar-refractivity contribution in [3.8, 4) is 0 Å². The zero-order valence-corrected chi connectivity index (χ0v) is 9.95. The zero-order valence-electron chi connectivity index (χ0n) is 9.95. The molecule has 1 aromatic rings. The topological polar surface area (TPSA) is 46.5 Å². The van der Waals surface area contributed by atoms with Gasteiger partial charge in [0.2, 0.25) is 0 Å². The minimum atomic E-state index is -1.29. The molecular weight excluding hydrogens is 242 g/mol. The summed E-state index contributed by atoms with van der Waals surface area (Å²) in [6.07, 6.45) is -0.398. The molecule has 0 aliphatic heterocycles. The Bertz CT molecular complexity index is 469. The summed E-state index contributed by atoms with van der Waals surface area (Å²) in [5.74, 6) is -2.09. The number of hydrogen-bond acceptors (Lipinski definition) is 3. The fraction of sp³-hybridized carbons (Fsp3) is 0.462. The highest BCUT2D eigenvalue weighted by Gasteiger charge is 2.57. The summed E-state index contributed by atoms with van der Waals surface area (Å²) >= 11 is 0. The van der Waals surface area contributed by atoms with Crippen molar-refractivity contribution >= 4 is 5.97 Å². The van der Waals surface area contributed by atoms with Gasteiger partial charge in [0.15, 0.2) is 0 Å². The van der Waals surface area contributed by atoms with E-state index < -0.39 is 29.1 Å². The molecule has 0 aromatic heterocycles. The molecule has 1 saturated carbocycles. The summed E-state index contributed by atoms with van der Waals surface area (Å²) in [6.45, 7) is 1.87. The van der Waals surface area contributed by atoms with Crippen molar-refractivity contribution in [2.24, 2.45) is 5.41 Å². The van der Waals surface area contributed by atoms with Crippen molar-refractivity contribution in [3.63, 3.8) is 0 Å². The van der Waals surface area contributed by atoms with Gasteiger partial charge in [-0.25, -0.2) is 8.78 Å². The van der Waals surface area contributed by atoms with Crippen molar-refractivity contribution in [1.29, 1.82) is 0 Å². The molecule has 1 aromatic carbocycles. The number of carbonyl (C=O) groups is 1. The molecule has 5 heteroatoms. The van der Waals surface area contributed by atoms with E-state index in [0.717, 1.165) is 12.1 Å². The highest BCUT2D eigenvalue weighted by Crippen LogP contribution is 2.56. The molecule has 1 aliphatic carbocycles. The standard InChI is InChI=1S/C13H14F2O3/c1-2-18-12(17)13(5-6-13)11(16)9-4-3-8(14)7-10(9)15/h3-4,7,11,16H,2,5-6H2,1H3. The summed E-state index contributed by atoms with van der Waals surface area (Å²) in [4.78, 5) is 11.7. The summed E-state index contributed by atoms with van der Waals surface area (Å²) in [7, 11) is 0. The van der Waals surface area contributed by atoms with E-state index in [-0.39, 0.29) is 12.2 Å². The minimum Gasteiger partial charge on any atom is -0.465 e. The van der Waals surface area contributed by atoms with Gasteiger partial charge in [0.1, 0.15) is 11.6 Å². The summed E-state index contributed by atoms with van der Waals surface area (Å²) < 4.78 is 31.2. The SMILES string of the molecule is CCOC(=O)C1(C(O)c2ccc(F)cc2F)CC1. The lowest BCUT2D eigenvalue weighted by Gasteiger charge is -2.21. The molecular formula is C13H14F2O3. The van der Waals surface area contributed by atoms with Crippen LogP contribution in [0.15, 0.2) is 18.2 Å². The second kappa shape index (κ2) is 4.65. The Hall–Kier alpha value is -1.49. The van der Waals surface area contributed by atoms with Gasteiger partial charge in [0.25, 0.3) is 0 Å². The Morgan fingerprint density at radius 2 is 2.17 bits per heavy atom. The van der Waals surface area contributed by atoms with Crippen molar-refractivity contribution < 1.29 is 23.4 Å². The maximum Gasteiger partial charge on any atom is 0.315 e. The van der Waals surface area contributed by atoms with Gasteiger partial charge in [0.05, 0.1) is 18.1 Å². The van der Waals surface area contributed by atoms with Crippen LogP contribution in [-0.2, 0) is 9.53 Å². The summed E-state index contributed by atoms with van der Waals surface area (Å²) in [5.41, 5.74) is -1.13. The van der Waals surface area contributed by atoms with Crippen LogP contribution in [-0.4, -0.2) is 17.7 Å². The van der Waals surface area contributed by atoms with E-state index >= 15 is 0 Å². The number of ether oxygens (including phenoxy) is 1. The highest BCUT2D eigenvalue weighted by molar-refractivity contribution is 5.81. The van der Waals surface area contributed by atoms with Crippen LogP contribution in [0, 0.1) is 17.0 Å². The molecule has 0 radical (unpaired) electrons. The lowest BCUT2D eigenvalue weighted by molar-refractivity contribution is -0.154. The van der Waals surface area contributed by atoms with E-state index in [4.69, 9.17) is 4.74 Å². The Labute approximate surface area is 103 Å². The summed E-state index contributed by atoms with van der Waals surface area (Å²) in [5, 5.41) is 10.1. The normalized spacial score (nSPS) is 18.2. The zero-order chi connectivity index (χ0) is 13.3. The van der Waals surface area contributed by atoms with E-state index in [1.165, 1.54) is 0 Å². The maximum absolute atomic E-state index is 13.6. The van der Waals surface area contributed by atoms with Crippen LogP contribution in [0.5, 0.6) is 0 Å². The van der Waals surface area contributed by atoms with Gasteiger partial charge in [-0.05, 0) is 25.8 Å². The predicted octanol–water partition coefficient (Wildman–Crippen LogP) is 2.34. The third-order valence-corrected chi connectivity index (χ3v) is 3.25. The molecule has 1 fully saturated rings. The van der Waals surface area contributed by atoms with E-state index in [2.05, 4.69) is 0 Å². The van der Waals surface area contributed by atoms with Crippen LogP contribution in [0.4, 0.5) is 8.78 Å². The van der Waals surface area contributed by atoms with Gasteiger partial charge >= 0.3 is 5.97 Å². The van der Waals surface area contributed by atoms with Crippen LogP contribution in [0.1, 0.15) is 31.4 Å². The lowest BCUT2D eigenvalue weighted by Crippen LogP contribution is -2.26. The molecule has 0 spiro atoms. The second-order valence-corrected chi connectivity index (χ2v) is 4.44. The fourth-order valence-corrected chi connectivity index (χ4v) is 2.02. The smallest absolute Gasteiger partial charge is 0.315 e. The summed E-state index contributed by atoms with van der Waals surface area (Å²) in [6, 6.07) is 2.91. The lowest BCUT2D eigenvalue weighted by atomic mass is 9.92. The first-order valence-electron chi connectivity index (χ1n) is 5.81. The number of halogens is 2. The monoisotopic (exact) mass is 256 g/mol. The van der Waals surface area contributed by atoms with E-state index in [1.54, 1.807) is 6.92 Å². The van der Waals surface area contributed by atoms with Crippen molar-refractivity contribution in [1.82, 2.24) is 0 Å². The van der Waals surface area contributed by atoms with E-state index in [0.29, 0.717) is 18.9 Å². The molecule has 1 unspecified atom stereocenters. The van der Waals surface area contributed by atoms with Gasteiger partial charge in [-0.1, -0.05) is 6.07 Å². The fourth-order valence-electron chi connectivity index (χ4n) is 2.02. The molecule has 0 saturated heterocycles. The van der Waals surface area contributed by atoms with Crippen LogP contribution in [0.25, 0.3) is 0 Å².